The Labute approximate surface area is 142 Å². The summed E-state index contributed by atoms with van der Waals surface area (Å²) in [6, 6.07) is 8.06. The van der Waals surface area contributed by atoms with Crippen LogP contribution in [-0.4, -0.2) is 9.54 Å². The number of aromatic nitrogens is 1. The zero-order chi connectivity index (χ0) is 16.1. The van der Waals surface area contributed by atoms with E-state index >= 15 is 0 Å². The van der Waals surface area contributed by atoms with Crippen LogP contribution in [0.25, 0.3) is 10.2 Å². The molecule has 3 aromatic rings. The molecule has 1 aromatic carbocycles. The molecule has 2 aromatic heterocycles. The topological polar surface area (TPSA) is 36.0 Å². The Morgan fingerprint density at radius 1 is 1.00 bits per heavy atom. The molecule has 22 heavy (non-hydrogen) atoms. The van der Waals surface area contributed by atoms with E-state index in [1.165, 1.54) is 20.0 Å². The summed E-state index contributed by atoms with van der Waals surface area (Å²) in [6.45, 7) is 10.7. The molecule has 0 fully saturated rings. The molecule has 0 bridgehead atoms. The maximum absolute atomic E-state index is 12.8. The van der Waals surface area contributed by atoms with Gasteiger partial charge in [0.15, 0.2) is 4.90 Å². The first-order valence-electron chi connectivity index (χ1n) is 7.16. The zero-order valence-corrected chi connectivity index (χ0v) is 15.8. The summed E-state index contributed by atoms with van der Waals surface area (Å²) >= 11 is 2.12. The van der Waals surface area contributed by atoms with Crippen LogP contribution in [0.15, 0.2) is 33.5 Å². The van der Waals surface area contributed by atoms with Crippen molar-refractivity contribution in [3.05, 3.63) is 39.6 Å². The zero-order valence-electron chi connectivity index (χ0n) is 13.4. The van der Waals surface area contributed by atoms with E-state index in [1.54, 1.807) is 22.7 Å². The Bertz CT molecular complexity index is 774. The molecule has 1 atom stereocenters. The smallest absolute Gasteiger partial charge is 0.308 e. The Morgan fingerprint density at radius 3 is 2.18 bits per heavy atom. The van der Waals surface area contributed by atoms with E-state index in [-0.39, 0.29) is 5.41 Å². The highest BCUT2D eigenvalue weighted by Crippen LogP contribution is 2.37. The predicted molar refractivity (Wildman–Crippen MR) is 96.8 cm³/mol. The van der Waals surface area contributed by atoms with Crippen molar-refractivity contribution >= 4 is 44.1 Å². The van der Waals surface area contributed by atoms with Gasteiger partial charge in [-0.15, -0.1) is 11.3 Å². The Balaban J connectivity index is 1.95. The maximum Gasteiger partial charge on any atom is 0.308 e. The van der Waals surface area contributed by atoms with Crippen LogP contribution in [0.5, 0.6) is 0 Å². The van der Waals surface area contributed by atoms with Gasteiger partial charge in [-0.05, 0) is 37.0 Å². The quantitative estimate of drug-likeness (QED) is 0.578. The maximum atomic E-state index is 12.8. The SMILES string of the molecule is Cc1sc(C)c2sc([S+]([O-])c3ccc(C(C)(C)C)cc3)nc12. The summed E-state index contributed by atoms with van der Waals surface area (Å²) in [6.07, 6.45) is 0. The Kier molecular flexibility index (Phi) is 4.10. The van der Waals surface area contributed by atoms with Crippen molar-refractivity contribution in [2.75, 3.05) is 0 Å². The van der Waals surface area contributed by atoms with Gasteiger partial charge >= 0.3 is 4.34 Å². The summed E-state index contributed by atoms with van der Waals surface area (Å²) < 4.78 is 14.6. The van der Waals surface area contributed by atoms with Crippen molar-refractivity contribution in [2.45, 2.75) is 49.3 Å². The molecule has 116 valence electrons. The lowest BCUT2D eigenvalue weighted by molar-refractivity contribution is 0.586. The van der Waals surface area contributed by atoms with E-state index in [2.05, 4.69) is 51.7 Å². The molecule has 0 amide bonds. The summed E-state index contributed by atoms with van der Waals surface area (Å²) in [4.78, 5) is 7.90. The van der Waals surface area contributed by atoms with Crippen molar-refractivity contribution in [3.63, 3.8) is 0 Å². The average Bonchev–Trinajstić information content (AvgIpc) is 3.00. The molecule has 0 aliphatic carbocycles. The Hall–Kier alpha value is -0.880. The van der Waals surface area contributed by atoms with Crippen molar-refractivity contribution in [2.24, 2.45) is 0 Å². The summed E-state index contributed by atoms with van der Waals surface area (Å²) in [5.41, 5.74) is 2.37. The van der Waals surface area contributed by atoms with Gasteiger partial charge in [0.1, 0.15) is 5.52 Å². The number of thiophene rings is 1. The van der Waals surface area contributed by atoms with Crippen LogP contribution in [0.3, 0.4) is 0 Å². The molecule has 0 N–H and O–H groups in total. The number of thiazole rings is 1. The third-order valence-corrected chi connectivity index (χ3v) is 7.58. The highest BCUT2D eigenvalue weighted by molar-refractivity contribution is 7.93. The van der Waals surface area contributed by atoms with E-state index in [0.717, 1.165) is 10.4 Å². The second-order valence-electron chi connectivity index (χ2n) is 6.42. The number of hydrogen-bond acceptors (Lipinski definition) is 4. The van der Waals surface area contributed by atoms with Crippen molar-refractivity contribution in [1.29, 1.82) is 0 Å². The van der Waals surface area contributed by atoms with Crippen molar-refractivity contribution in [1.82, 2.24) is 4.98 Å². The molecule has 0 radical (unpaired) electrons. The van der Waals surface area contributed by atoms with Crippen LogP contribution < -0.4 is 0 Å². The number of rotatable bonds is 2. The molecule has 1 unspecified atom stereocenters. The monoisotopic (exact) mass is 349 g/mol. The lowest BCUT2D eigenvalue weighted by atomic mass is 9.87. The van der Waals surface area contributed by atoms with Crippen LogP contribution in [0.1, 0.15) is 36.1 Å². The third kappa shape index (κ3) is 2.83. The molecule has 0 saturated carbocycles. The third-order valence-electron chi connectivity index (χ3n) is 3.66. The van der Waals surface area contributed by atoms with Crippen LogP contribution in [-0.2, 0) is 16.6 Å². The minimum Gasteiger partial charge on any atom is -0.605 e. The first kappa shape index (κ1) is 16.0. The fraction of sp³-hybridized carbons (Fsp3) is 0.353. The van der Waals surface area contributed by atoms with E-state index in [1.807, 2.05) is 12.1 Å². The number of nitrogens with zero attached hydrogens (tertiary/aromatic N) is 1. The minimum absolute atomic E-state index is 0.109. The first-order chi connectivity index (χ1) is 10.3. The molecular weight excluding hydrogens is 330 g/mol. The van der Waals surface area contributed by atoms with Gasteiger partial charge in [0.2, 0.25) is 0 Å². The lowest BCUT2D eigenvalue weighted by Crippen LogP contribution is -2.11. The molecular formula is C17H19NOS3. The van der Waals surface area contributed by atoms with Gasteiger partial charge in [0.05, 0.1) is 15.9 Å². The number of fused-ring (bicyclic) bond motifs is 1. The summed E-state index contributed by atoms with van der Waals surface area (Å²) in [7, 11) is 0. The van der Waals surface area contributed by atoms with Gasteiger partial charge in [-0.3, -0.25) is 0 Å². The molecule has 3 rings (SSSR count). The number of aryl methyl sites for hydroxylation is 2. The standard InChI is InChI=1S/C17H19NOS3/c1-10-14-15(11(2)20-10)21-16(18-14)22(19)13-8-6-12(7-9-13)17(3,4)5/h6-9H,1-5H3. The molecule has 2 nitrogen and oxygen atoms in total. The van der Waals surface area contributed by atoms with E-state index < -0.39 is 11.2 Å². The van der Waals surface area contributed by atoms with Gasteiger partial charge in [-0.25, -0.2) is 0 Å². The molecule has 0 saturated heterocycles. The second kappa shape index (κ2) is 5.64. The molecule has 0 aliphatic heterocycles. The number of benzene rings is 1. The van der Waals surface area contributed by atoms with E-state index in [4.69, 9.17) is 0 Å². The lowest BCUT2D eigenvalue weighted by Gasteiger charge is -2.19. The highest BCUT2D eigenvalue weighted by atomic mass is 32.2. The molecule has 5 heteroatoms. The Morgan fingerprint density at radius 2 is 1.64 bits per heavy atom. The van der Waals surface area contributed by atoms with E-state index in [0.29, 0.717) is 4.34 Å². The minimum atomic E-state index is -1.20. The fourth-order valence-electron chi connectivity index (χ4n) is 2.36. The summed E-state index contributed by atoms with van der Waals surface area (Å²) in [5, 5.41) is 0. The first-order valence-corrected chi connectivity index (χ1v) is 9.94. The summed E-state index contributed by atoms with van der Waals surface area (Å²) in [5.74, 6) is 0. The second-order valence-corrected chi connectivity index (χ2v) is 10.5. The highest BCUT2D eigenvalue weighted by Gasteiger charge is 2.23. The number of hydrogen-bond donors (Lipinski definition) is 0. The van der Waals surface area contributed by atoms with Crippen LogP contribution in [0, 0.1) is 13.8 Å². The van der Waals surface area contributed by atoms with Crippen molar-refractivity contribution in [3.8, 4) is 0 Å². The van der Waals surface area contributed by atoms with Gasteiger partial charge in [-0.2, -0.15) is 4.98 Å². The van der Waals surface area contributed by atoms with Gasteiger partial charge in [0.25, 0.3) is 0 Å². The van der Waals surface area contributed by atoms with Crippen LogP contribution in [0.4, 0.5) is 0 Å². The van der Waals surface area contributed by atoms with Crippen LogP contribution >= 0.6 is 22.7 Å². The van der Waals surface area contributed by atoms with Crippen molar-refractivity contribution < 1.29 is 4.55 Å². The van der Waals surface area contributed by atoms with Gasteiger partial charge in [-0.1, -0.05) is 44.2 Å². The molecule has 0 spiro atoms. The normalized spacial score (nSPS) is 13.7. The predicted octanol–water partition coefficient (Wildman–Crippen LogP) is 5.44. The van der Waals surface area contributed by atoms with E-state index in [9.17, 15) is 4.55 Å². The van der Waals surface area contributed by atoms with Gasteiger partial charge in [0, 0.05) is 9.75 Å². The molecule has 0 aliphatic rings. The average molecular weight is 350 g/mol. The van der Waals surface area contributed by atoms with Crippen LogP contribution in [0.2, 0.25) is 0 Å². The largest absolute Gasteiger partial charge is 0.605 e. The van der Waals surface area contributed by atoms with Gasteiger partial charge < -0.3 is 4.55 Å². The molecule has 2 heterocycles. The fourth-order valence-corrected chi connectivity index (χ4v) is 5.92.